The highest BCUT2D eigenvalue weighted by atomic mass is 32.1. The van der Waals surface area contributed by atoms with Gasteiger partial charge < -0.3 is 15.7 Å². The largest absolute Gasteiger partial charge is 0.387 e. The standard InChI is InChI=1S/C16H18N2O3S/c1-2-11-4-3-5-13(8-11)18-16(21)15(20)17-9-14(19)12-6-7-22-10-12/h3-8,10,14,19H,2,9H2,1H3,(H,17,20)(H,18,21). The number of benzene rings is 1. The van der Waals surface area contributed by atoms with E-state index in [4.69, 9.17) is 0 Å². The third kappa shape index (κ3) is 4.41. The number of aryl methyl sites for hydroxylation is 1. The first-order chi connectivity index (χ1) is 10.6. The van der Waals surface area contributed by atoms with E-state index in [0.29, 0.717) is 5.69 Å². The molecule has 0 saturated heterocycles. The molecule has 0 fully saturated rings. The Bertz CT molecular complexity index is 641. The van der Waals surface area contributed by atoms with Crippen LogP contribution < -0.4 is 10.6 Å². The maximum Gasteiger partial charge on any atom is 0.313 e. The highest BCUT2D eigenvalue weighted by Gasteiger charge is 2.16. The Morgan fingerprint density at radius 2 is 2.09 bits per heavy atom. The number of aliphatic hydroxyl groups is 1. The van der Waals surface area contributed by atoms with E-state index >= 15 is 0 Å². The van der Waals surface area contributed by atoms with Crippen LogP contribution >= 0.6 is 11.3 Å². The third-order valence-electron chi connectivity index (χ3n) is 3.18. The first-order valence-electron chi connectivity index (χ1n) is 6.98. The number of hydrogen-bond acceptors (Lipinski definition) is 4. The summed E-state index contributed by atoms with van der Waals surface area (Å²) >= 11 is 1.46. The van der Waals surface area contributed by atoms with E-state index in [-0.39, 0.29) is 6.54 Å². The molecule has 5 nitrogen and oxygen atoms in total. The summed E-state index contributed by atoms with van der Waals surface area (Å²) in [6, 6.07) is 9.10. The molecule has 0 spiro atoms. The zero-order chi connectivity index (χ0) is 15.9. The molecule has 0 radical (unpaired) electrons. The van der Waals surface area contributed by atoms with Crippen LogP contribution in [-0.2, 0) is 16.0 Å². The quantitative estimate of drug-likeness (QED) is 0.739. The Kier molecular flexibility index (Phi) is 5.68. The molecular formula is C16H18N2O3S. The molecule has 1 unspecified atom stereocenters. The lowest BCUT2D eigenvalue weighted by atomic mass is 10.1. The van der Waals surface area contributed by atoms with Gasteiger partial charge >= 0.3 is 11.8 Å². The molecular weight excluding hydrogens is 300 g/mol. The fourth-order valence-electron chi connectivity index (χ4n) is 1.91. The van der Waals surface area contributed by atoms with Crippen molar-refractivity contribution in [1.29, 1.82) is 0 Å². The molecule has 1 aromatic carbocycles. The molecule has 3 N–H and O–H groups in total. The first kappa shape index (κ1) is 16.2. The van der Waals surface area contributed by atoms with E-state index in [1.165, 1.54) is 11.3 Å². The Morgan fingerprint density at radius 1 is 1.27 bits per heavy atom. The predicted molar refractivity (Wildman–Crippen MR) is 86.7 cm³/mol. The number of carbonyl (C=O) groups excluding carboxylic acids is 2. The van der Waals surface area contributed by atoms with Gasteiger partial charge in [-0.3, -0.25) is 9.59 Å². The van der Waals surface area contributed by atoms with E-state index in [0.717, 1.165) is 17.5 Å². The molecule has 0 bridgehead atoms. The average Bonchev–Trinajstić information content (AvgIpc) is 3.06. The molecule has 2 rings (SSSR count). The zero-order valence-electron chi connectivity index (χ0n) is 12.2. The number of nitrogens with one attached hydrogen (secondary N) is 2. The van der Waals surface area contributed by atoms with Gasteiger partial charge in [0.25, 0.3) is 0 Å². The lowest BCUT2D eigenvalue weighted by Gasteiger charge is -2.11. The van der Waals surface area contributed by atoms with Crippen LogP contribution in [0.15, 0.2) is 41.1 Å². The number of carbonyl (C=O) groups is 2. The monoisotopic (exact) mass is 318 g/mol. The van der Waals surface area contributed by atoms with Gasteiger partial charge in [-0.2, -0.15) is 11.3 Å². The van der Waals surface area contributed by atoms with Gasteiger partial charge in [0, 0.05) is 12.2 Å². The van der Waals surface area contributed by atoms with Crippen LogP contribution in [-0.4, -0.2) is 23.5 Å². The van der Waals surface area contributed by atoms with Crippen molar-refractivity contribution in [3.63, 3.8) is 0 Å². The Labute approximate surface area is 133 Å². The molecule has 1 aromatic heterocycles. The fourth-order valence-corrected chi connectivity index (χ4v) is 2.62. The van der Waals surface area contributed by atoms with Crippen molar-refractivity contribution in [2.24, 2.45) is 0 Å². The summed E-state index contributed by atoms with van der Waals surface area (Å²) in [4.78, 5) is 23.6. The summed E-state index contributed by atoms with van der Waals surface area (Å²) in [5, 5.41) is 18.5. The van der Waals surface area contributed by atoms with Crippen molar-refractivity contribution in [2.75, 3.05) is 11.9 Å². The molecule has 116 valence electrons. The van der Waals surface area contributed by atoms with Gasteiger partial charge in [-0.25, -0.2) is 0 Å². The second-order valence-electron chi connectivity index (χ2n) is 4.79. The molecule has 2 amide bonds. The minimum absolute atomic E-state index is 0.00200. The second kappa shape index (κ2) is 7.72. The zero-order valence-corrected chi connectivity index (χ0v) is 13.0. The van der Waals surface area contributed by atoms with Crippen molar-refractivity contribution < 1.29 is 14.7 Å². The lowest BCUT2D eigenvalue weighted by Crippen LogP contribution is -2.37. The summed E-state index contributed by atoms with van der Waals surface area (Å²) in [6.45, 7) is 2.01. The van der Waals surface area contributed by atoms with Gasteiger partial charge in [0.2, 0.25) is 0 Å². The summed E-state index contributed by atoms with van der Waals surface area (Å²) in [7, 11) is 0. The van der Waals surface area contributed by atoms with E-state index in [1.807, 2.05) is 30.5 Å². The summed E-state index contributed by atoms with van der Waals surface area (Å²) in [5.74, 6) is -1.51. The fraction of sp³-hybridized carbons (Fsp3) is 0.250. The minimum Gasteiger partial charge on any atom is -0.387 e. The molecule has 0 aliphatic rings. The van der Waals surface area contributed by atoms with Crippen molar-refractivity contribution >= 4 is 28.8 Å². The van der Waals surface area contributed by atoms with Crippen LogP contribution in [0.5, 0.6) is 0 Å². The van der Waals surface area contributed by atoms with E-state index in [9.17, 15) is 14.7 Å². The molecule has 6 heteroatoms. The van der Waals surface area contributed by atoms with Crippen LogP contribution in [0.2, 0.25) is 0 Å². The van der Waals surface area contributed by atoms with Gasteiger partial charge in [0.1, 0.15) is 0 Å². The number of anilines is 1. The van der Waals surface area contributed by atoms with Crippen LogP contribution in [0.3, 0.4) is 0 Å². The Hall–Kier alpha value is -2.18. The molecule has 1 heterocycles. The Balaban J connectivity index is 1.85. The minimum atomic E-state index is -0.814. The predicted octanol–water partition coefficient (Wildman–Crippen LogP) is 2.10. The summed E-state index contributed by atoms with van der Waals surface area (Å²) in [6.07, 6.45) is 0.0364. The Morgan fingerprint density at radius 3 is 2.77 bits per heavy atom. The van der Waals surface area contributed by atoms with Gasteiger partial charge in [-0.15, -0.1) is 0 Å². The molecule has 0 aliphatic heterocycles. The van der Waals surface area contributed by atoms with Crippen molar-refractivity contribution in [2.45, 2.75) is 19.4 Å². The van der Waals surface area contributed by atoms with E-state index in [1.54, 1.807) is 17.5 Å². The van der Waals surface area contributed by atoms with Crippen LogP contribution in [0.4, 0.5) is 5.69 Å². The second-order valence-corrected chi connectivity index (χ2v) is 5.57. The maximum atomic E-state index is 11.8. The van der Waals surface area contributed by atoms with E-state index in [2.05, 4.69) is 10.6 Å². The van der Waals surface area contributed by atoms with Gasteiger partial charge in [0.15, 0.2) is 0 Å². The lowest BCUT2D eigenvalue weighted by molar-refractivity contribution is -0.136. The topological polar surface area (TPSA) is 78.4 Å². The third-order valence-corrected chi connectivity index (χ3v) is 3.88. The molecule has 0 aliphatic carbocycles. The summed E-state index contributed by atoms with van der Waals surface area (Å²) < 4.78 is 0. The number of rotatable bonds is 5. The molecule has 0 saturated carbocycles. The number of thiophene rings is 1. The molecule has 1 atom stereocenters. The van der Waals surface area contributed by atoms with E-state index < -0.39 is 17.9 Å². The smallest absolute Gasteiger partial charge is 0.313 e. The molecule has 22 heavy (non-hydrogen) atoms. The number of aliphatic hydroxyl groups excluding tert-OH is 1. The highest BCUT2D eigenvalue weighted by molar-refractivity contribution is 7.07. The van der Waals surface area contributed by atoms with Crippen molar-refractivity contribution in [3.8, 4) is 0 Å². The SMILES string of the molecule is CCc1cccc(NC(=O)C(=O)NCC(O)c2ccsc2)c1. The number of amides is 2. The van der Waals surface area contributed by atoms with Gasteiger partial charge in [0.05, 0.1) is 6.10 Å². The van der Waals surface area contributed by atoms with Crippen LogP contribution in [0, 0.1) is 0 Å². The van der Waals surface area contributed by atoms with Gasteiger partial charge in [-0.1, -0.05) is 19.1 Å². The average molecular weight is 318 g/mol. The van der Waals surface area contributed by atoms with Crippen molar-refractivity contribution in [3.05, 3.63) is 52.2 Å². The summed E-state index contributed by atoms with van der Waals surface area (Å²) in [5.41, 5.74) is 2.38. The van der Waals surface area contributed by atoms with Crippen LogP contribution in [0.25, 0.3) is 0 Å². The molecule has 2 aromatic rings. The van der Waals surface area contributed by atoms with Gasteiger partial charge in [-0.05, 0) is 46.5 Å². The highest BCUT2D eigenvalue weighted by Crippen LogP contribution is 2.15. The number of hydrogen-bond donors (Lipinski definition) is 3. The van der Waals surface area contributed by atoms with Crippen molar-refractivity contribution in [1.82, 2.24) is 5.32 Å². The van der Waals surface area contributed by atoms with Crippen LogP contribution in [0.1, 0.15) is 24.2 Å². The normalized spacial score (nSPS) is 11.7. The first-order valence-corrected chi connectivity index (χ1v) is 7.92. The maximum absolute atomic E-state index is 11.8.